The maximum Gasteiger partial charge on any atom is 0.236 e. The summed E-state index contributed by atoms with van der Waals surface area (Å²) >= 11 is 0. The predicted molar refractivity (Wildman–Crippen MR) is 60.0 cm³/mol. The number of nitrogens with two attached hydrogens (primary N) is 1. The lowest BCUT2D eigenvalue weighted by Crippen LogP contribution is -2.43. The van der Waals surface area contributed by atoms with Crippen LogP contribution in [-0.4, -0.2) is 18.5 Å². The molecule has 14 heavy (non-hydrogen) atoms. The van der Waals surface area contributed by atoms with Crippen LogP contribution in [0.25, 0.3) is 0 Å². The number of hydrogen-bond acceptors (Lipinski definition) is 2. The summed E-state index contributed by atoms with van der Waals surface area (Å²) in [6.07, 6.45) is 3.29. The SMILES string of the molecule is CCC(CC)(CC)CNC(=O)[C@H](C)N. The van der Waals surface area contributed by atoms with Gasteiger partial charge in [-0.25, -0.2) is 0 Å². The van der Waals surface area contributed by atoms with Gasteiger partial charge in [-0.2, -0.15) is 0 Å². The van der Waals surface area contributed by atoms with E-state index in [9.17, 15) is 4.79 Å². The van der Waals surface area contributed by atoms with Gasteiger partial charge in [0.1, 0.15) is 0 Å². The van der Waals surface area contributed by atoms with Gasteiger partial charge in [0, 0.05) is 6.54 Å². The first-order chi connectivity index (χ1) is 6.51. The third-order valence-electron chi connectivity index (χ3n) is 3.30. The molecule has 0 saturated carbocycles. The Balaban J connectivity index is 4.12. The second kappa shape index (κ2) is 6.02. The van der Waals surface area contributed by atoms with Gasteiger partial charge in [-0.15, -0.1) is 0 Å². The molecule has 1 atom stereocenters. The Morgan fingerprint density at radius 2 is 1.71 bits per heavy atom. The van der Waals surface area contributed by atoms with Gasteiger partial charge in [0.15, 0.2) is 0 Å². The van der Waals surface area contributed by atoms with Crippen molar-refractivity contribution >= 4 is 5.91 Å². The van der Waals surface area contributed by atoms with Crippen LogP contribution < -0.4 is 11.1 Å². The Kier molecular flexibility index (Phi) is 5.77. The molecule has 0 spiro atoms. The zero-order valence-electron chi connectivity index (χ0n) is 9.89. The lowest BCUT2D eigenvalue weighted by Gasteiger charge is -2.30. The molecule has 0 saturated heterocycles. The third kappa shape index (κ3) is 3.66. The van der Waals surface area contributed by atoms with Crippen molar-refractivity contribution in [3.63, 3.8) is 0 Å². The van der Waals surface area contributed by atoms with Crippen LogP contribution in [0.15, 0.2) is 0 Å². The highest BCUT2D eigenvalue weighted by atomic mass is 16.2. The van der Waals surface area contributed by atoms with Crippen molar-refractivity contribution in [2.45, 2.75) is 53.0 Å². The zero-order chi connectivity index (χ0) is 11.2. The quantitative estimate of drug-likeness (QED) is 0.685. The molecule has 0 radical (unpaired) electrons. The molecule has 84 valence electrons. The van der Waals surface area contributed by atoms with Gasteiger partial charge in [-0.3, -0.25) is 4.79 Å². The fourth-order valence-electron chi connectivity index (χ4n) is 1.56. The first-order valence-electron chi connectivity index (χ1n) is 5.54. The molecule has 3 nitrogen and oxygen atoms in total. The largest absolute Gasteiger partial charge is 0.354 e. The number of rotatable bonds is 6. The van der Waals surface area contributed by atoms with E-state index in [2.05, 4.69) is 26.1 Å². The summed E-state index contributed by atoms with van der Waals surface area (Å²) in [7, 11) is 0. The summed E-state index contributed by atoms with van der Waals surface area (Å²) < 4.78 is 0. The van der Waals surface area contributed by atoms with Crippen molar-refractivity contribution in [3.8, 4) is 0 Å². The summed E-state index contributed by atoms with van der Waals surface area (Å²) in [4.78, 5) is 11.3. The minimum Gasteiger partial charge on any atom is -0.354 e. The fourth-order valence-corrected chi connectivity index (χ4v) is 1.56. The zero-order valence-corrected chi connectivity index (χ0v) is 9.89. The molecular formula is C11H24N2O. The molecule has 0 bridgehead atoms. The van der Waals surface area contributed by atoms with Gasteiger partial charge in [-0.1, -0.05) is 20.8 Å². The second-order valence-electron chi connectivity index (χ2n) is 4.07. The minimum absolute atomic E-state index is 0.0512. The van der Waals surface area contributed by atoms with Crippen LogP contribution in [0, 0.1) is 5.41 Å². The van der Waals surface area contributed by atoms with Gasteiger partial charge < -0.3 is 11.1 Å². The number of carbonyl (C=O) groups is 1. The van der Waals surface area contributed by atoms with Crippen molar-refractivity contribution in [1.82, 2.24) is 5.32 Å². The molecule has 3 N–H and O–H groups in total. The van der Waals surface area contributed by atoms with Crippen LogP contribution in [0.1, 0.15) is 47.0 Å². The monoisotopic (exact) mass is 200 g/mol. The summed E-state index contributed by atoms with van der Waals surface area (Å²) in [6, 6.07) is -0.404. The maximum atomic E-state index is 11.3. The number of hydrogen-bond donors (Lipinski definition) is 2. The molecule has 0 aliphatic rings. The van der Waals surface area contributed by atoms with E-state index in [-0.39, 0.29) is 11.3 Å². The highest BCUT2D eigenvalue weighted by molar-refractivity contribution is 5.80. The van der Waals surface area contributed by atoms with Crippen molar-refractivity contribution in [2.75, 3.05) is 6.54 Å². The van der Waals surface area contributed by atoms with E-state index >= 15 is 0 Å². The van der Waals surface area contributed by atoms with Gasteiger partial charge in [0.2, 0.25) is 5.91 Å². The van der Waals surface area contributed by atoms with Crippen LogP contribution in [0.2, 0.25) is 0 Å². The van der Waals surface area contributed by atoms with Crippen LogP contribution in [-0.2, 0) is 4.79 Å². The first kappa shape index (κ1) is 13.4. The van der Waals surface area contributed by atoms with E-state index in [0.717, 1.165) is 25.8 Å². The fraction of sp³-hybridized carbons (Fsp3) is 0.909. The smallest absolute Gasteiger partial charge is 0.236 e. The molecule has 0 rings (SSSR count). The van der Waals surface area contributed by atoms with Gasteiger partial charge in [0.05, 0.1) is 6.04 Å². The number of carbonyl (C=O) groups excluding carboxylic acids is 1. The summed E-state index contributed by atoms with van der Waals surface area (Å²) in [5.74, 6) is -0.0512. The van der Waals surface area contributed by atoms with E-state index in [1.54, 1.807) is 6.92 Å². The molecule has 3 heteroatoms. The normalized spacial score (nSPS) is 13.8. The van der Waals surface area contributed by atoms with Crippen LogP contribution >= 0.6 is 0 Å². The summed E-state index contributed by atoms with van der Waals surface area (Å²) in [5.41, 5.74) is 5.73. The number of nitrogens with one attached hydrogen (secondary N) is 1. The van der Waals surface area contributed by atoms with Gasteiger partial charge in [-0.05, 0) is 31.6 Å². The third-order valence-corrected chi connectivity index (χ3v) is 3.30. The summed E-state index contributed by atoms with van der Waals surface area (Å²) in [6.45, 7) is 8.97. The van der Waals surface area contributed by atoms with Crippen LogP contribution in [0.4, 0.5) is 0 Å². The van der Waals surface area contributed by atoms with E-state index in [1.165, 1.54) is 0 Å². The van der Waals surface area contributed by atoms with Gasteiger partial charge >= 0.3 is 0 Å². The lowest BCUT2D eigenvalue weighted by atomic mass is 9.80. The Bertz CT molecular complexity index is 166. The molecule has 0 aliphatic heterocycles. The minimum atomic E-state index is -0.404. The molecule has 0 aromatic heterocycles. The van der Waals surface area contributed by atoms with Crippen LogP contribution in [0.5, 0.6) is 0 Å². The number of amides is 1. The molecular weight excluding hydrogens is 176 g/mol. The topological polar surface area (TPSA) is 55.1 Å². The maximum absolute atomic E-state index is 11.3. The molecule has 0 aliphatic carbocycles. The molecule has 1 amide bonds. The van der Waals surface area contributed by atoms with Crippen molar-refractivity contribution < 1.29 is 4.79 Å². The molecule has 0 aromatic rings. The van der Waals surface area contributed by atoms with Crippen molar-refractivity contribution in [3.05, 3.63) is 0 Å². The highest BCUT2D eigenvalue weighted by Crippen LogP contribution is 2.29. The second-order valence-corrected chi connectivity index (χ2v) is 4.07. The Morgan fingerprint density at radius 3 is 2.00 bits per heavy atom. The highest BCUT2D eigenvalue weighted by Gasteiger charge is 2.24. The predicted octanol–water partition coefficient (Wildman–Crippen LogP) is 1.67. The molecule has 0 aromatic carbocycles. The van der Waals surface area contributed by atoms with E-state index in [1.807, 2.05) is 0 Å². The summed E-state index contributed by atoms with van der Waals surface area (Å²) in [5, 5.41) is 2.91. The molecule has 0 heterocycles. The average Bonchev–Trinajstić information content (AvgIpc) is 2.20. The first-order valence-corrected chi connectivity index (χ1v) is 5.54. The van der Waals surface area contributed by atoms with Gasteiger partial charge in [0.25, 0.3) is 0 Å². The molecule has 0 fully saturated rings. The van der Waals surface area contributed by atoms with E-state index in [0.29, 0.717) is 0 Å². The van der Waals surface area contributed by atoms with E-state index in [4.69, 9.17) is 5.73 Å². The Hall–Kier alpha value is -0.570. The van der Waals surface area contributed by atoms with E-state index < -0.39 is 6.04 Å². The van der Waals surface area contributed by atoms with Crippen molar-refractivity contribution in [1.29, 1.82) is 0 Å². The average molecular weight is 200 g/mol. The standard InChI is InChI=1S/C11H24N2O/c1-5-11(6-2,7-3)8-13-10(14)9(4)12/h9H,5-8,12H2,1-4H3,(H,13,14)/t9-/m0/s1. The molecule has 0 unspecified atom stereocenters. The lowest BCUT2D eigenvalue weighted by molar-refractivity contribution is -0.122. The van der Waals surface area contributed by atoms with Crippen LogP contribution in [0.3, 0.4) is 0 Å². The Morgan fingerprint density at radius 1 is 1.29 bits per heavy atom. The van der Waals surface area contributed by atoms with Crippen molar-refractivity contribution in [2.24, 2.45) is 11.1 Å². The Labute approximate surface area is 87.4 Å².